The predicted octanol–water partition coefficient (Wildman–Crippen LogP) is 0.416. The molecule has 0 fully saturated rings. The summed E-state index contributed by atoms with van der Waals surface area (Å²) in [4.78, 5) is 0. The fraction of sp³-hybridized carbons (Fsp3) is 0.385. The van der Waals surface area contributed by atoms with E-state index in [-0.39, 0.29) is 13.2 Å². The lowest BCUT2D eigenvalue weighted by molar-refractivity contribution is 0.0778. The van der Waals surface area contributed by atoms with Crippen LogP contribution in [-0.2, 0) is 19.4 Å². The van der Waals surface area contributed by atoms with Crippen LogP contribution in [0.1, 0.15) is 11.3 Å². The summed E-state index contributed by atoms with van der Waals surface area (Å²) in [6.45, 7) is 0.00798. The van der Waals surface area contributed by atoms with E-state index < -0.39 is 6.10 Å². The summed E-state index contributed by atoms with van der Waals surface area (Å²) in [6.07, 6.45) is 2.76. The Balaban J connectivity index is 1.87. The highest BCUT2D eigenvalue weighted by Crippen LogP contribution is 2.04. The molecule has 0 aliphatic heterocycles. The fourth-order valence-corrected chi connectivity index (χ4v) is 1.73. The highest BCUT2D eigenvalue weighted by atomic mass is 16.3. The minimum absolute atomic E-state index is 0.265. The Labute approximate surface area is 106 Å². The van der Waals surface area contributed by atoms with Crippen LogP contribution < -0.4 is 0 Å². The molecular formula is C13H17N3O2. The Morgan fingerprint density at radius 3 is 2.67 bits per heavy atom. The van der Waals surface area contributed by atoms with E-state index in [4.69, 9.17) is 5.11 Å². The van der Waals surface area contributed by atoms with Gasteiger partial charge in [-0.25, -0.2) is 4.68 Å². The van der Waals surface area contributed by atoms with Crippen molar-refractivity contribution < 1.29 is 10.2 Å². The summed E-state index contributed by atoms with van der Waals surface area (Å²) in [6, 6.07) is 10.2. The van der Waals surface area contributed by atoms with Crippen LogP contribution in [0.4, 0.5) is 0 Å². The largest absolute Gasteiger partial charge is 0.394 e. The monoisotopic (exact) mass is 247 g/mol. The third kappa shape index (κ3) is 3.65. The second kappa shape index (κ2) is 6.28. The molecule has 1 aromatic carbocycles. The van der Waals surface area contributed by atoms with Crippen molar-refractivity contribution in [3.8, 4) is 0 Å². The van der Waals surface area contributed by atoms with Gasteiger partial charge in [0.2, 0.25) is 0 Å². The topological polar surface area (TPSA) is 71.2 Å². The minimum Gasteiger partial charge on any atom is -0.394 e. The summed E-state index contributed by atoms with van der Waals surface area (Å²) in [5.74, 6) is 0. The summed E-state index contributed by atoms with van der Waals surface area (Å²) in [7, 11) is 0. The number of aliphatic hydroxyl groups is 2. The molecule has 2 rings (SSSR count). The Hall–Kier alpha value is -1.72. The van der Waals surface area contributed by atoms with E-state index in [0.29, 0.717) is 0 Å². The minimum atomic E-state index is -0.784. The van der Waals surface area contributed by atoms with Crippen LogP contribution in [0.15, 0.2) is 36.5 Å². The van der Waals surface area contributed by atoms with E-state index in [1.807, 2.05) is 24.4 Å². The van der Waals surface area contributed by atoms with Gasteiger partial charge in [-0.3, -0.25) is 0 Å². The predicted molar refractivity (Wildman–Crippen MR) is 67.0 cm³/mol. The molecular weight excluding hydrogens is 230 g/mol. The Morgan fingerprint density at radius 1 is 1.17 bits per heavy atom. The van der Waals surface area contributed by atoms with Gasteiger partial charge in [0.25, 0.3) is 0 Å². The molecule has 2 aromatic rings. The van der Waals surface area contributed by atoms with Crippen molar-refractivity contribution in [2.45, 2.75) is 25.5 Å². The lowest BCUT2D eigenvalue weighted by atomic mass is 10.1. The van der Waals surface area contributed by atoms with Crippen molar-refractivity contribution in [1.29, 1.82) is 0 Å². The molecule has 0 unspecified atom stereocenters. The third-order valence-corrected chi connectivity index (χ3v) is 2.71. The molecule has 18 heavy (non-hydrogen) atoms. The Kier molecular flexibility index (Phi) is 4.44. The number of aryl methyl sites for hydroxylation is 2. The molecule has 0 saturated heterocycles. The standard InChI is InChI=1S/C13H17N3O2/c17-10-13(18)9-16-8-12(14-15-16)7-6-11-4-2-1-3-5-11/h1-5,8,13,17-18H,6-7,9-10H2/t13-/m1/s1. The van der Waals surface area contributed by atoms with Crippen molar-refractivity contribution in [3.05, 3.63) is 47.8 Å². The summed E-state index contributed by atoms with van der Waals surface area (Å²) in [5.41, 5.74) is 2.16. The Morgan fingerprint density at radius 2 is 1.94 bits per heavy atom. The van der Waals surface area contributed by atoms with Crippen LogP contribution in [0.5, 0.6) is 0 Å². The van der Waals surface area contributed by atoms with Gasteiger partial charge < -0.3 is 10.2 Å². The van der Waals surface area contributed by atoms with Crippen molar-refractivity contribution in [1.82, 2.24) is 15.0 Å². The fourth-order valence-electron chi connectivity index (χ4n) is 1.73. The zero-order valence-corrected chi connectivity index (χ0v) is 10.1. The maximum absolute atomic E-state index is 9.29. The second-order valence-electron chi connectivity index (χ2n) is 4.25. The lowest BCUT2D eigenvalue weighted by Crippen LogP contribution is -2.20. The molecule has 1 heterocycles. The van der Waals surface area contributed by atoms with Gasteiger partial charge in [-0.1, -0.05) is 35.5 Å². The molecule has 96 valence electrons. The zero-order valence-electron chi connectivity index (χ0n) is 10.1. The van der Waals surface area contributed by atoms with Gasteiger partial charge in [-0.2, -0.15) is 0 Å². The molecule has 0 spiro atoms. The molecule has 0 aliphatic carbocycles. The normalized spacial score (nSPS) is 12.6. The van der Waals surface area contributed by atoms with Crippen LogP contribution in [0.3, 0.4) is 0 Å². The third-order valence-electron chi connectivity index (χ3n) is 2.71. The average Bonchev–Trinajstić information content (AvgIpc) is 2.85. The van der Waals surface area contributed by atoms with Crippen molar-refractivity contribution in [3.63, 3.8) is 0 Å². The van der Waals surface area contributed by atoms with Gasteiger partial charge in [0.1, 0.15) is 0 Å². The number of hydrogen-bond donors (Lipinski definition) is 2. The quantitative estimate of drug-likeness (QED) is 0.776. The molecule has 2 N–H and O–H groups in total. The molecule has 1 aromatic heterocycles. The van der Waals surface area contributed by atoms with E-state index in [1.165, 1.54) is 5.56 Å². The molecule has 5 nitrogen and oxygen atoms in total. The van der Waals surface area contributed by atoms with E-state index in [0.717, 1.165) is 18.5 Å². The first-order valence-electron chi connectivity index (χ1n) is 6.00. The van der Waals surface area contributed by atoms with E-state index in [2.05, 4.69) is 22.4 Å². The van der Waals surface area contributed by atoms with Gasteiger partial charge in [0.05, 0.1) is 24.9 Å². The number of benzene rings is 1. The molecule has 5 heteroatoms. The Bertz CT molecular complexity index is 470. The highest BCUT2D eigenvalue weighted by Gasteiger charge is 2.06. The van der Waals surface area contributed by atoms with E-state index in [1.54, 1.807) is 4.68 Å². The number of aromatic nitrogens is 3. The number of aliphatic hydroxyl groups excluding tert-OH is 2. The lowest BCUT2D eigenvalue weighted by Gasteiger charge is -2.04. The number of rotatable bonds is 6. The molecule has 0 radical (unpaired) electrons. The first kappa shape index (κ1) is 12.7. The van der Waals surface area contributed by atoms with Crippen molar-refractivity contribution >= 4 is 0 Å². The van der Waals surface area contributed by atoms with Gasteiger partial charge in [0, 0.05) is 6.20 Å². The maximum atomic E-state index is 9.29. The van der Waals surface area contributed by atoms with E-state index >= 15 is 0 Å². The molecule has 0 aliphatic rings. The SMILES string of the molecule is OC[C@H](O)Cn1cc(CCc2ccccc2)nn1. The summed E-state index contributed by atoms with van der Waals surface area (Å²) >= 11 is 0. The number of nitrogens with zero attached hydrogens (tertiary/aromatic N) is 3. The molecule has 1 atom stereocenters. The summed E-state index contributed by atoms with van der Waals surface area (Å²) in [5, 5.41) is 26.0. The van der Waals surface area contributed by atoms with Gasteiger partial charge >= 0.3 is 0 Å². The van der Waals surface area contributed by atoms with Gasteiger partial charge in [-0.05, 0) is 18.4 Å². The second-order valence-corrected chi connectivity index (χ2v) is 4.25. The smallest absolute Gasteiger partial charge is 0.0966 e. The first-order chi connectivity index (χ1) is 8.78. The maximum Gasteiger partial charge on any atom is 0.0966 e. The molecule has 0 bridgehead atoms. The van der Waals surface area contributed by atoms with Gasteiger partial charge in [0.15, 0.2) is 0 Å². The average molecular weight is 247 g/mol. The van der Waals surface area contributed by atoms with Crippen LogP contribution >= 0.6 is 0 Å². The highest BCUT2D eigenvalue weighted by molar-refractivity contribution is 5.15. The van der Waals surface area contributed by atoms with Crippen LogP contribution in [0, 0.1) is 0 Å². The van der Waals surface area contributed by atoms with Crippen molar-refractivity contribution in [2.24, 2.45) is 0 Å². The van der Waals surface area contributed by atoms with Crippen molar-refractivity contribution in [2.75, 3.05) is 6.61 Å². The van der Waals surface area contributed by atoms with E-state index in [9.17, 15) is 5.11 Å². The van der Waals surface area contributed by atoms with Crippen LogP contribution in [-0.4, -0.2) is 37.9 Å². The molecule has 0 amide bonds. The molecule has 0 saturated carbocycles. The zero-order chi connectivity index (χ0) is 12.8. The summed E-state index contributed by atoms with van der Waals surface area (Å²) < 4.78 is 1.56. The van der Waals surface area contributed by atoms with Gasteiger partial charge in [-0.15, -0.1) is 5.10 Å². The first-order valence-corrected chi connectivity index (χ1v) is 6.00. The number of hydrogen-bond acceptors (Lipinski definition) is 4. The van der Waals surface area contributed by atoms with Crippen LogP contribution in [0.2, 0.25) is 0 Å². The van der Waals surface area contributed by atoms with Crippen LogP contribution in [0.25, 0.3) is 0 Å².